The molecule has 1 N–H and O–H groups in total. The van der Waals surface area contributed by atoms with Gasteiger partial charge in [0.05, 0.1) is 12.8 Å². The summed E-state index contributed by atoms with van der Waals surface area (Å²) in [5.74, 6) is 0.566. The number of amides is 1. The van der Waals surface area contributed by atoms with Gasteiger partial charge in [-0.05, 0) is 52.2 Å². The number of furan rings is 1. The molecule has 0 radical (unpaired) electrons. The minimum absolute atomic E-state index is 0.129. The highest BCUT2D eigenvalue weighted by molar-refractivity contribution is 7.08. The van der Waals surface area contributed by atoms with Crippen molar-refractivity contribution in [2.24, 2.45) is 0 Å². The molecule has 0 spiro atoms. The zero-order valence-corrected chi connectivity index (χ0v) is 13.5. The molecule has 2 heterocycles. The second-order valence-corrected chi connectivity index (χ2v) is 5.82. The van der Waals surface area contributed by atoms with E-state index in [1.807, 2.05) is 35.7 Å². The van der Waals surface area contributed by atoms with Gasteiger partial charge in [-0.25, -0.2) is 0 Å². The number of carbonyl (C=O) groups excluding carboxylic acids is 1. The van der Waals surface area contributed by atoms with Crippen molar-refractivity contribution in [1.82, 2.24) is 5.32 Å². The molecule has 118 valence electrons. The lowest BCUT2D eigenvalue weighted by atomic mass is 10.1. The Balaban J connectivity index is 1.62. The van der Waals surface area contributed by atoms with E-state index < -0.39 is 0 Å². The Morgan fingerprint density at radius 3 is 2.65 bits per heavy atom. The van der Waals surface area contributed by atoms with E-state index in [0.29, 0.717) is 17.9 Å². The highest BCUT2D eigenvalue weighted by Crippen LogP contribution is 2.22. The molecule has 1 atom stereocenters. The number of hydrogen-bond donors (Lipinski definition) is 1. The normalized spacial score (nSPS) is 12.0. The molecular formula is C18H17NO3S. The van der Waals surface area contributed by atoms with Crippen LogP contribution in [0, 0.1) is 0 Å². The van der Waals surface area contributed by atoms with E-state index in [-0.39, 0.29) is 12.0 Å². The van der Waals surface area contributed by atoms with Crippen molar-refractivity contribution in [1.29, 1.82) is 0 Å². The van der Waals surface area contributed by atoms with Gasteiger partial charge >= 0.3 is 0 Å². The van der Waals surface area contributed by atoms with Crippen molar-refractivity contribution < 1.29 is 13.9 Å². The Bertz CT molecular complexity index is 733. The van der Waals surface area contributed by atoms with Gasteiger partial charge < -0.3 is 14.5 Å². The van der Waals surface area contributed by atoms with E-state index in [4.69, 9.17) is 9.15 Å². The Labute approximate surface area is 138 Å². The minimum Gasteiger partial charge on any atom is -0.467 e. The molecule has 0 aliphatic carbocycles. The fraction of sp³-hybridized carbons (Fsp3) is 0.167. The van der Waals surface area contributed by atoms with Crippen molar-refractivity contribution in [2.75, 3.05) is 13.7 Å². The monoisotopic (exact) mass is 327 g/mol. The topological polar surface area (TPSA) is 51.5 Å². The van der Waals surface area contributed by atoms with E-state index in [1.54, 1.807) is 30.8 Å². The zero-order valence-electron chi connectivity index (χ0n) is 12.7. The van der Waals surface area contributed by atoms with Crippen LogP contribution in [0.1, 0.15) is 22.2 Å². The van der Waals surface area contributed by atoms with E-state index >= 15 is 0 Å². The summed E-state index contributed by atoms with van der Waals surface area (Å²) in [6.45, 7) is 0.356. The molecule has 2 aromatic heterocycles. The molecule has 0 fully saturated rings. The summed E-state index contributed by atoms with van der Waals surface area (Å²) in [5.41, 5.74) is 2.89. The zero-order chi connectivity index (χ0) is 16.1. The Morgan fingerprint density at radius 2 is 2.04 bits per heavy atom. The van der Waals surface area contributed by atoms with Crippen LogP contribution in [-0.4, -0.2) is 19.6 Å². The van der Waals surface area contributed by atoms with E-state index in [9.17, 15) is 4.79 Å². The molecule has 1 amide bonds. The molecule has 0 saturated carbocycles. The summed E-state index contributed by atoms with van der Waals surface area (Å²) in [5, 5.41) is 6.99. The fourth-order valence-electron chi connectivity index (χ4n) is 2.30. The molecule has 3 rings (SSSR count). The number of rotatable bonds is 6. The van der Waals surface area contributed by atoms with Gasteiger partial charge in [-0.15, -0.1) is 0 Å². The van der Waals surface area contributed by atoms with Crippen molar-refractivity contribution in [3.05, 3.63) is 70.8 Å². The predicted octanol–water partition coefficient (Wildman–Crippen LogP) is 4.13. The van der Waals surface area contributed by atoms with Gasteiger partial charge in [0.2, 0.25) is 0 Å². The third-order valence-electron chi connectivity index (χ3n) is 3.59. The smallest absolute Gasteiger partial charge is 0.251 e. The van der Waals surface area contributed by atoms with Crippen LogP contribution in [0.15, 0.2) is 63.9 Å². The predicted molar refractivity (Wildman–Crippen MR) is 90.5 cm³/mol. The Hall–Kier alpha value is -2.37. The third kappa shape index (κ3) is 3.70. The first-order chi connectivity index (χ1) is 11.3. The molecule has 1 aromatic carbocycles. The maximum Gasteiger partial charge on any atom is 0.251 e. The second-order valence-electron chi connectivity index (χ2n) is 5.04. The van der Waals surface area contributed by atoms with Gasteiger partial charge in [-0.1, -0.05) is 12.1 Å². The van der Waals surface area contributed by atoms with Gasteiger partial charge in [-0.2, -0.15) is 11.3 Å². The molecule has 5 heteroatoms. The average Bonchev–Trinajstić information content (AvgIpc) is 3.29. The van der Waals surface area contributed by atoms with Crippen LogP contribution in [0.25, 0.3) is 11.1 Å². The fourth-order valence-corrected chi connectivity index (χ4v) is 2.97. The molecule has 4 nitrogen and oxygen atoms in total. The molecule has 23 heavy (non-hydrogen) atoms. The third-order valence-corrected chi connectivity index (χ3v) is 4.28. The Kier molecular flexibility index (Phi) is 4.90. The molecule has 0 aliphatic heterocycles. The van der Waals surface area contributed by atoms with Crippen LogP contribution in [0.5, 0.6) is 0 Å². The van der Waals surface area contributed by atoms with Crippen LogP contribution >= 0.6 is 11.3 Å². The summed E-state index contributed by atoms with van der Waals surface area (Å²) in [6, 6.07) is 13.3. The van der Waals surface area contributed by atoms with Crippen LogP contribution < -0.4 is 5.32 Å². The van der Waals surface area contributed by atoms with Crippen LogP contribution in [0.2, 0.25) is 0 Å². The minimum atomic E-state index is -0.293. The summed E-state index contributed by atoms with van der Waals surface area (Å²) in [6.07, 6.45) is 1.30. The first-order valence-electron chi connectivity index (χ1n) is 7.25. The second kappa shape index (κ2) is 7.26. The van der Waals surface area contributed by atoms with Gasteiger partial charge in [0.15, 0.2) is 0 Å². The van der Waals surface area contributed by atoms with Crippen LogP contribution in [-0.2, 0) is 4.74 Å². The molecular weight excluding hydrogens is 310 g/mol. The maximum atomic E-state index is 12.2. The number of benzene rings is 1. The quantitative estimate of drug-likeness (QED) is 0.741. The first kappa shape index (κ1) is 15.5. The van der Waals surface area contributed by atoms with Crippen molar-refractivity contribution >= 4 is 17.2 Å². The lowest BCUT2D eigenvalue weighted by Crippen LogP contribution is -2.28. The SMILES string of the molecule is CO[C@H](CNC(=O)c1ccc(-c2ccsc2)cc1)c1ccco1. The van der Waals surface area contributed by atoms with Gasteiger partial charge in [0.1, 0.15) is 11.9 Å². The summed E-state index contributed by atoms with van der Waals surface area (Å²) in [4.78, 5) is 12.2. The molecule has 0 aliphatic rings. The van der Waals surface area contributed by atoms with E-state index in [1.165, 1.54) is 5.56 Å². The summed E-state index contributed by atoms with van der Waals surface area (Å²) in [7, 11) is 1.59. The van der Waals surface area contributed by atoms with Gasteiger partial charge in [0.25, 0.3) is 5.91 Å². The number of ether oxygens (including phenoxy) is 1. The Morgan fingerprint density at radius 1 is 1.22 bits per heavy atom. The number of hydrogen-bond acceptors (Lipinski definition) is 4. The van der Waals surface area contributed by atoms with Gasteiger partial charge in [-0.3, -0.25) is 4.79 Å². The lowest BCUT2D eigenvalue weighted by Gasteiger charge is -2.13. The largest absolute Gasteiger partial charge is 0.467 e. The van der Waals surface area contributed by atoms with E-state index in [0.717, 1.165) is 5.56 Å². The molecule has 3 aromatic rings. The number of carbonyl (C=O) groups is 1. The average molecular weight is 327 g/mol. The lowest BCUT2D eigenvalue weighted by molar-refractivity contribution is 0.0738. The number of methoxy groups -OCH3 is 1. The van der Waals surface area contributed by atoms with Crippen molar-refractivity contribution in [2.45, 2.75) is 6.10 Å². The molecule has 0 saturated heterocycles. The maximum absolute atomic E-state index is 12.2. The van der Waals surface area contributed by atoms with Crippen molar-refractivity contribution in [3.63, 3.8) is 0 Å². The number of thiophene rings is 1. The van der Waals surface area contributed by atoms with Crippen LogP contribution in [0.3, 0.4) is 0 Å². The standard InChI is InChI=1S/C18H17NO3S/c1-21-17(16-3-2-9-22-16)11-19-18(20)14-6-4-13(5-7-14)15-8-10-23-12-15/h2-10,12,17H,11H2,1H3,(H,19,20)/t17-/m1/s1. The highest BCUT2D eigenvalue weighted by atomic mass is 32.1. The highest BCUT2D eigenvalue weighted by Gasteiger charge is 2.15. The number of nitrogens with one attached hydrogen (secondary N) is 1. The van der Waals surface area contributed by atoms with Gasteiger partial charge in [0, 0.05) is 12.7 Å². The summed E-state index contributed by atoms with van der Waals surface area (Å²) >= 11 is 1.66. The van der Waals surface area contributed by atoms with Crippen molar-refractivity contribution in [3.8, 4) is 11.1 Å². The first-order valence-corrected chi connectivity index (χ1v) is 8.19. The van der Waals surface area contributed by atoms with E-state index in [2.05, 4.69) is 16.8 Å². The molecule has 0 unspecified atom stereocenters. The molecule has 0 bridgehead atoms. The van der Waals surface area contributed by atoms with Crippen LogP contribution in [0.4, 0.5) is 0 Å². The summed E-state index contributed by atoms with van der Waals surface area (Å²) < 4.78 is 10.6.